The lowest BCUT2D eigenvalue weighted by atomic mass is 9.95. The van der Waals surface area contributed by atoms with E-state index in [0.717, 1.165) is 0 Å². The van der Waals surface area contributed by atoms with E-state index in [-0.39, 0.29) is 23.5 Å². The minimum Gasteiger partial charge on any atom is -0.476 e. The van der Waals surface area contributed by atoms with Crippen LogP contribution >= 0.6 is 11.6 Å². The maximum absolute atomic E-state index is 13.0. The smallest absolute Gasteiger partial charge is 0.314 e. The van der Waals surface area contributed by atoms with Crippen LogP contribution in [0, 0.1) is 11.2 Å². The van der Waals surface area contributed by atoms with Gasteiger partial charge in [0.25, 0.3) is 0 Å². The summed E-state index contributed by atoms with van der Waals surface area (Å²) in [6.07, 6.45) is 0. The summed E-state index contributed by atoms with van der Waals surface area (Å²) < 4.78 is 23.3. The normalized spacial score (nSPS) is 11.2. The van der Waals surface area contributed by atoms with Crippen LogP contribution in [0.15, 0.2) is 30.3 Å². The summed E-state index contributed by atoms with van der Waals surface area (Å²) in [7, 11) is 1.32. The van der Waals surface area contributed by atoms with Gasteiger partial charge in [-0.2, -0.15) is 4.98 Å². The topological polar surface area (TPSA) is 61.3 Å². The molecule has 0 N–H and O–H groups in total. The van der Waals surface area contributed by atoms with Crippen molar-refractivity contribution in [3.05, 3.63) is 41.3 Å². The van der Waals surface area contributed by atoms with Crippen molar-refractivity contribution in [3.8, 4) is 17.3 Å². The number of rotatable bonds is 5. The molecule has 0 aliphatic heterocycles. The number of halogens is 2. The molecule has 1 heterocycles. The Morgan fingerprint density at radius 2 is 1.91 bits per heavy atom. The van der Waals surface area contributed by atoms with Crippen LogP contribution < -0.4 is 4.74 Å². The van der Waals surface area contributed by atoms with E-state index in [4.69, 9.17) is 21.1 Å². The van der Waals surface area contributed by atoms with Gasteiger partial charge in [0.1, 0.15) is 17.6 Å². The van der Waals surface area contributed by atoms with E-state index in [9.17, 15) is 9.18 Å². The molecule has 0 saturated carbocycles. The molecule has 0 aliphatic carbocycles. The van der Waals surface area contributed by atoms with Gasteiger partial charge < -0.3 is 9.47 Å². The van der Waals surface area contributed by atoms with Crippen molar-refractivity contribution in [2.45, 2.75) is 13.8 Å². The number of methoxy groups -OCH3 is 1. The quantitative estimate of drug-likeness (QED) is 0.616. The minimum atomic E-state index is -0.831. The third-order valence-corrected chi connectivity index (χ3v) is 3.29. The molecule has 0 saturated heterocycles. The molecule has 0 aliphatic rings. The molecular formula is C16H16ClFN2O3. The third-order valence-electron chi connectivity index (χ3n) is 3.09. The van der Waals surface area contributed by atoms with Crippen LogP contribution in [0.5, 0.6) is 5.88 Å². The van der Waals surface area contributed by atoms with Crippen LogP contribution in [0.2, 0.25) is 5.15 Å². The Kier molecular flexibility index (Phi) is 5.15. The number of esters is 1. The van der Waals surface area contributed by atoms with E-state index < -0.39 is 11.4 Å². The van der Waals surface area contributed by atoms with Crippen molar-refractivity contribution in [1.29, 1.82) is 0 Å². The van der Waals surface area contributed by atoms with E-state index in [1.807, 2.05) is 0 Å². The van der Waals surface area contributed by atoms with Gasteiger partial charge in [-0.1, -0.05) is 11.6 Å². The van der Waals surface area contributed by atoms with Crippen LogP contribution in [0.25, 0.3) is 11.4 Å². The summed E-state index contributed by atoms with van der Waals surface area (Å²) in [6.45, 7) is 3.46. The predicted molar refractivity (Wildman–Crippen MR) is 83.7 cm³/mol. The van der Waals surface area contributed by atoms with E-state index in [1.165, 1.54) is 25.3 Å². The average molecular weight is 339 g/mol. The molecule has 0 fully saturated rings. The summed E-state index contributed by atoms with van der Waals surface area (Å²) in [5.41, 5.74) is -0.228. The highest BCUT2D eigenvalue weighted by molar-refractivity contribution is 6.29. The second-order valence-corrected chi connectivity index (χ2v) is 5.91. The molecule has 2 aromatic rings. The molecule has 0 amide bonds. The predicted octanol–water partition coefficient (Wildman–Crippen LogP) is 3.51. The molecule has 122 valence electrons. The highest BCUT2D eigenvalue weighted by Crippen LogP contribution is 2.24. The summed E-state index contributed by atoms with van der Waals surface area (Å²) in [5, 5.41) is 0.185. The highest BCUT2D eigenvalue weighted by Gasteiger charge is 2.30. The van der Waals surface area contributed by atoms with Crippen LogP contribution in [-0.4, -0.2) is 29.7 Å². The van der Waals surface area contributed by atoms with E-state index in [0.29, 0.717) is 11.4 Å². The number of hydrogen-bond acceptors (Lipinski definition) is 5. The SMILES string of the molecule is COC(=O)C(C)(C)COc1cc(Cl)nc(-c2ccc(F)cc2)n1. The number of nitrogens with zero attached hydrogens (tertiary/aromatic N) is 2. The first kappa shape index (κ1) is 17.1. The first-order valence-corrected chi connectivity index (χ1v) is 7.21. The van der Waals surface area contributed by atoms with Gasteiger partial charge in [-0.3, -0.25) is 4.79 Å². The van der Waals surface area contributed by atoms with E-state index in [1.54, 1.807) is 26.0 Å². The summed E-state index contributed by atoms with van der Waals surface area (Å²) in [5.74, 6) is -0.215. The lowest BCUT2D eigenvalue weighted by molar-refractivity contribution is -0.152. The monoisotopic (exact) mass is 338 g/mol. The van der Waals surface area contributed by atoms with Crippen LogP contribution in [0.4, 0.5) is 4.39 Å². The maximum Gasteiger partial charge on any atom is 0.314 e. The van der Waals surface area contributed by atoms with Gasteiger partial charge in [-0.15, -0.1) is 0 Å². The Balaban J connectivity index is 2.21. The van der Waals surface area contributed by atoms with Crippen LogP contribution in [0.1, 0.15) is 13.8 Å². The van der Waals surface area contributed by atoms with Crippen molar-refractivity contribution >= 4 is 17.6 Å². The Labute approximate surface area is 138 Å². The molecule has 0 atom stereocenters. The van der Waals surface area contributed by atoms with Crippen molar-refractivity contribution in [2.75, 3.05) is 13.7 Å². The van der Waals surface area contributed by atoms with Gasteiger partial charge in [-0.05, 0) is 38.1 Å². The first-order valence-electron chi connectivity index (χ1n) is 6.83. The molecule has 0 unspecified atom stereocenters. The minimum absolute atomic E-state index is 0.0654. The molecule has 0 radical (unpaired) electrons. The molecule has 2 rings (SSSR count). The third kappa shape index (κ3) is 4.39. The summed E-state index contributed by atoms with van der Waals surface area (Å²) in [6, 6.07) is 7.15. The fraction of sp³-hybridized carbons (Fsp3) is 0.312. The lowest BCUT2D eigenvalue weighted by Gasteiger charge is -2.21. The fourth-order valence-electron chi connectivity index (χ4n) is 1.79. The van der Waals surface area contributed by atoms with Crippen LogP contribution in [0.3, 0.4) is 0 Å². The average Bonchev–Trinajstić information content (AvgIpc) is 2.52. The summed E-state index contributed by atoms with van der Waals surface area (Å²) in [4.78, 5) is 20.0. The van der Waals surface area contributed by atoms with Gasteiger partial charge >= 0.3 is 5.97 Å². The van der Waals surface area contributed by atoms with Crippen molar-refractivity contribution in [2.24, 2.45) is 5.41 Å². The van der Waals surface area contributed by atoms with Crippen molar-refractivity contribution in [3.63, 3.8) is 0 Å². The number of carbonyl (C=O) groups is 1. The molecule has 1 aromatic heterocycles. The van der Waals surface area contributed by atoms with E-state index >= 15 is 0 Å². The van der Waals surface area contributed by atoms with Crippen molar-refractivity contribution < 1.29 is 18.7 Å². The lowest BCUT2D eigenvalue weighted by Crippen LogP contribution is -2.32. The second kappa shape index (κ2) is 6.91. The highest BCUT2D eigenvalue weighted by atomic mass is 35.5. The number of aromatic nitrogens is 2. The van der Waals surface area contributed by atoms with Gasteiger partial charge in [0.15, 0.2) is 5.82 Å². The van der Waals surface area contributed by atoms with Gasteiger partial charge in [0.2, 0.25) is 5.88 Å². The number of ether oxygens (including phenoxy) is 2. The molecule has 1 aromatic carbocycles. The Morgan fingerprint density at radius 1 is 1.26 bits per heavy atom. The molecule has 7 heteroatoms. The molecule has 0 spiro atoms. The zero-order valence-corrected chi connectivity index (χ0v) is 13.7. The van der Waals surface area contributed by atoms with Gasteiger partial charge in [-0.25, -0.2) is 9.37 Å². The van der Waals surface area contributed by atoms with Gasteiger partial charge in [0.05, 0.1) is 12.5 Å². The fourth-order valence-corrected chi connectivity index (χ4v) is 1.96. The maximum atomic E-state index is 13.0. The second-order valence-electron chi connectivity index (χ2n) is 5.52. The molecular weight excluding hydrogens is 323 g/mol. The number of benzene rings is 1. The van der Waals surface area contributed by atoms with E-state index in [2.05, 4.69) is 9.97 Å². The first-order chi connectivity index (χ1) is 10.8. The zero-order chi connectivity index (χ0) is 17.0. The number of hydrogen-bond donors (Lipinski definition) is 0. The van der Waals surface area contributed by atoms with Crippen molar-refractivity contribution in [1.82, 2.24) is 9.97 Å². The Hall–Kier alpha value is -2.21. The molecule has 23 heavy (non-hydrogen) atoms. The standard InChI is InChI=1S/C16H16ClFN2O3/c1-16(2,15(21)22-3)9-23-13-8-12(17)19-14(20-13)10-4-6-11(18)7-5-10/h4-8H,9H2,1-3H3. The molecule has 5 nitrogen and oxygen atoms in total. The zero-order valence-electron chi connectivity index (χ0n) is 13.0. The Morgan fingerprint density at radius 3 is 2.52 bits per heavy atom. The number of carbonyl (C=O) groups excluding carboxylic acids is 1. The Bertz CT molecular complexity index is 705. The van der Waals surface area contributed by atoms with Crippen LogP contribution in [-0.2, 0) is 9.53 Å². The largest absolute Gasteiger partial charge is 0.476 e. The van der Waals surface area contributed by atoms with Gasteiger partial charge in [0, 0.05) is 11.6 Å². The summed E-state index contributed by atoms with van der Waals surface area (Å²) >= 11 is 5.97. The molecule has 0 bridgehead atoms.